The monoisotopic (exact) mass is 414 g/mol. The first-order valence-corrected chi connectivity index (χ1v) is 10.5. The molecule has 0 saturated carbocycles. The van der Waals surface area contributed by atoms with Gasteiger partial charge in [0.15, 0.2) is 0 Å². The summed E-state index contributed by atoms with van der Waals surface area (Å²) in [4.78, 5) is 12.9. The zero-order valence-corrected chi connectivity index (χ0v) is 16.5. The Morgan fingerprint density at radius 2 is 1.43 bits per heavy atom. The fourth-order valence-electron chi connectivity index (χ4n) is 2.66. The van der Waals surface area contributed by atoms with Crippen LogP contribution >= 0.6 is 11.6 Å². The number of hydrogen-bond donors (Lipinski definition) is 2. The number of amides is 1. The third-order valence-corrected chi connectivity index (χ3v) is 5.80. The molecule has 0 fully saturated rings. The average Bonchev–Trinajstić information content (AvgIpc) is 2.69. The molecule has 3 aromatic carbocycles. The highest BCUT2D eigenvalue weighted by Gasteiger charge is 2.26. The molecule has 0 spiro atoms. The van der Waals surface area contributed by atoms with E-state index in [0.717, 1.165) is 5.56 Å². The van der Waals surface area contributed by atoms with E-state index in [0.29, 0.717) is 10.7 Å². The summed E-state index contributed by atoms with van der Waals surface area (Å²) < 4.78 is 28.0. The molecule has 144 valence electrons. The molecule has 5 nitrogen and oxygen atoms in total. The largest absolute Gasteiger partial charge is 0.325 e. The number of anilines is 1. The predicted molar refractivity (Wildman–Crippen MR) is 111 cm³/mol. The van der Waals surface area contributed by atoms with Gasteiger partial charge >= 0.3 is 0 Å². The van der Waals surface area contributed by atoms with Crippen molar-refractivity contribution in [1.82, 2.24) is 4.72 Å². The molecule has 0 bridgehead atoms. The number of hydrogen-bond acceptors (Lipinski definition) is 3. The van der Waals surface area contributed by atoms with Crippen molar-refractivity contribution in [3.8, 4) is 0 Å². The first kappa shape index (κ1) is 20.1. The lowest BCUT2D eigenvalue weighted by atomic mass is 10.1. The third-order valence-electron chi connectivity index (χ3n) is 4.06. The number of benzene rings is 3. The first-order chi connectivity index (χ1) is 13.4. The van der Waals surface area contributed by atoms with Gasteiger partial charge in [-0.25, -0.2) is 8.42 Å². The number of sulfonamides is 1. The molecule has 3 rings (SSSR count). The van der Waals surface area contributed by atoms with Crippen molar-refractivity contribution in [2.24, 2.45) is 0 Å². The minimum absolute atomic E-state index is 0.0440. The van der Waals surface area contributed by atoms with Crippen LogP contribution in [0.2, 0.25) is 5.02 Å². The lowest BCUT2D eigenvalue weighted by Gasteiger charge is -2.19. The Bertz CT molecular complexity index is 1020. The van der Waals surface area contributed by atoms with Crippen LogP contribution < -0.4 is 10.0 Å². The van der Waals surface area contributed by atoms with E-state index in [1.807, 2.05) is 36.4 Å². The van der Waals surface area contributed by atoms with E-state index in [1.165, 1.54) is 24.3 Å². The summed E-state index contributed by atoms with van der Waals surface area (Å²) in [6.07, 6.45) is 0.215. The number of halogens is 1. The zero-order valence-electron chi connectivity index (χ0n) is 14.9. The van der Waals surface area contributed by atoms with Gasteiger partial charge in [0.05, 0.1) is 4.90 Å². The molecule has 0 aliphatic rings. The number of para-hydroxylation sites is 1. The molecule has 0 aliphatic heterocycles. The second-order valence-electron chi connectivity index (χ2n) is 6.17. The Morgan fingerprint density at radius 1 is 0.857 bits per heavy atom. The normalized spacial score (nSPS) is 12.3. The Kier molecular flexibility index (Phi) is 6.46. The molecule has 1 amide bonds. The molecule has 3 aromatic rings. The van der Waals surface area contributed by atoms with Gasteiger partial charge in [0.1, 0.15) is 6.04 Å². The van der Waals surface area contributed by atoms with Gasteiger partial charge in [-0.2, -0.15) is 4.72 Å². The van der Waals surface area contributed by atoms with E-state index < -0.39 is 22.0 Å². The predicted octanol–water partition coefficient (Wildman–Crippen LogP) is 3.87. The average molecular weight is 415 g/mol. The summed E-state index contributed by atoms with van der Waals surface area (Å²) in [5.41, 5.74) is 1.44. The van der Waals surface area contributed by atoms with Crippen molar-refractivity contribution in [2.45, 2.75) is 17.4 Å². The van der Waals surface area contributed by atoms with Crippen LogP contribution in [0.5, 0.6) is 0 Å². The van der Waals surface area contributed by atoms with E-state index in [1.54, 1.807) is 24.3 Å². The van der Waals surface area contributed by atoms with Gasteiger partial charge in [-0.1, -0.05) is 60.1 Å². The maximum atomic E-state index is 12.8. The van der Waals surface area contributed by atoms with Crippen LogP contribution in [0.4, 0.5) is 5.69 Å². The highest BCUT2D eigenvalue weighted by molar-refractivity contribution is 7.89. The van der Waals surface area contributed by atoms with Gasteiger partial charge in [0, 0.05) is 10.7 Å². The molecular formula is C21H19ClN2O3S. The fraction of sp³-hybridized carbons (Fsp3) is 0.0952. The fourth-order valence-corrected chi connectivity index (χ4v) is 3.98. The van der Waals surface area contributed by atoms with E-state index in [9.17, 15) is 13.2 Å². The Hall–Kier alpha value is -2.67. The van der Waals surface area contributed by atoms with Crippen LogP contribution in [0.15, 0.2) is 89.8 Å². The maximum Gasteiger partial charge on any atom is 0.242 e. The maximum absolute atomic E-state index is 12.8. The molecule has 7 heteroatoms. The summed E-state index contributed by atoms with van der Waals surface area (Å²) in [7, 11) is -3.90. The number of carbonyl (C=O) groups excluding carboxylic acids is 1. The van der Waals surface area contributed by atoms with Gasteiger partial charge in [0.2, 0.25) is 15.9 Å². The molecule has 1 atom stereocenters. The summed E-state index contributed by atoms with van der Waals surface area (Å²) in [5.74, 6) is -0.437. The van der Waals surface area contributed by atoms with E-state index in [2.05, 4.69) is 10.0 Å². The molecular weight excluding hydrogens is 396 g/mol. The topological polar surface area (TPSA) is 75.3 Å². The Labute approximate surface area is 169 Å². The standard InChI is InChI=1S/C21H19ClN2O3S/c22-17-11-13-19(14-12-17)28(26,27)24-20(15-16-7-3-1-4-8-16)21(25)23-18-9-5-2-6-10-18/h1-14,20,24H,15H2,(H,23,25)/t20-/m0/s1. The minimum Gasteiger partial charge on any atom is -0.325 e. The molecule has 0 aromatic heterocycles. The highest BCUT2D eigenvalue weighted by Crippen LogP contribution is 2.16. The SMILES string of the molecule is O=C(Nc1ccccc1)[C@H](Cc1ccccc1)NS(=O)(=O)c1ccc(Cl)cc1. The highest BCUT2D eigenvalue weighted by atomic mass is 35.5. The molecule has 0 saturated heterocycles. The van der Waals surface area contributed by atoms with Crippen molar-refractivity contribution in [3.05, 3.63) is 95.5 Å². The second-order valence-corrected chi connectivity index (χ2v) is 8.32. The Morgan fingerprint density at radius 3 is 2.04 bits per heavy atom. The van der Waals surface area contributed by atoms with Crippen molar-refractivity contribution in [1.29, 1.82) is 0 Å². The van der Waals surface area contributed by atoms with Crippen molar-refractivity contribution in [2.75, 3.05) is 5.32 Å². The number of rotatable bonds is 7. The van der Waals surface area contributed by atoms with Crippen LogP contribution in [0.1, 0.15) is 5.56 Å². The summed E-state index contributed by atoms with van der Waals surface area (Å²) in [6, 6.07) is 22.9. The van der Waals surface area contributed by atoms with Crippen molar-refractivity contribution in [3.63, 3.8) is 0 Å². The lowest BCUT2D eigenvalue weighted by Crippen LogP contribution is -2.45. The van der Waals surface area contributed by atoms with Crippen LogP contribution in [-0.4, -0.2) is 20.4 Å². The van der Waals surface area contributed by atoms with Gasteiger partial charge in [-0.05, 0) is 48.4 Å². The molecule has 0 heterocycles. The first-order valence-electron chi connectivity index (χ1n) is 8.62. The second kappa shape index (κ2) is 9.01. The van der Waals surface area contributed by atoms with Crippen molar-refractivity contribution >= 4 is 33.2 Å². The molecule has 28 heavy (non-hydrogen) atoms. The lowest BCUT2D eigenvalue weighted by molar-refractivity contribution is -0.117. The van der Waals surface area contributed by atoms with E-state index in [-0.39, 0.29) is 11.3 Å². The summed E-state index contributed by atoms with van der Waals surface area (Å²) >= 11 is 5.84. The zero-order chi connectivity index (χ0) is 20.0. The van der Waals surface area contributed by atoms with Gasteiger partial charge < -0.3 is 5.32 Å². The van der Waals surface area contributed by atoms with E-state index in [4.69, 9.17) is 11.6 Å². The third kappa shape index (κ3) is 5.42. The van der Waals surface area contributed by atoms with Crippen LogP contribution in [0, 0.1) is 0 Å². The molecule has 0 unspecified atom stereocenters. The van der Waals surface area contributed by atoms with Gasteiger partial charge in [-0.3, -0.25) is 4.79 Å². The number of nitrogens with one attached hydrogen (secondary N) is 2. The van der Waals surface area contributed by atoms with Gasteiger partial charge in [-0.15, -0.1) is 0 Å². The quantitative estimate of drug-likeness (QED) is 0.616. The number of carbonyl (C=O) groups is 1. The minimum atomic E-state index is -3.90. The van der Waals surface area contributed by atoms with Crippen molar-refractivity contribution < 1.29 is 13.2 Å². The molecule has 2 N–H and O–H groups in total. The van der Waals surface area contributed by atoms with Crippen LogP contribution in [-0.2, 0) is 21.2 Å². The van der Waals surface area contributed by atoms with Crippen LogP contribution in [0.3, 0.4) is 0 Å². The summed E-state index contributed by atoms with van der Waals surface area (Å²) in [5, 5.41) is 3.19. The molecule has 0 aliphatic carbocycles. The molecule has 0 radical (unpaired) electrons. The summed E-state index contributed by atoms with van der Waals surface area (Å²) in [6.45, 7) is 0. The van der Waals surface area contributed by atoms with Gasteiger partial charge in [0.25, 0.3) is 0 Å². The smallest absolute Gasteiger partial charge is 0.242 e. The Balaban J connectivity index is 1.84. The van der Waals surface area contributed by atoms with E-state index >= 15 is 0 Å². The van der Waals surface area contributed by atoms with Crippen LogP contribution in [0.25, 0.3) is 0 Å².